The van der Waals surface area contributed by atoms with E-state index in [1.54, 1.807) is 17.4 Å². The summed E-state index contributed by atoms with van der Waals surface area (Å²) in [7, 11) is 0. The van der Waals surface area contributed by atoms with Crippen LogP contribution in [-0.4, -0.2) is 34.0 Å². The van der Waals surface area contributed by atoms with Gasteiger partial charge in [-0.2, -0.15) is 0 Å². The standard InChI is InChI=1S/C20H17N3O3S/c24-20(15-12-17(26-22-15)18-6-3-11-27-18)23-9-7-13(8-10-23)19-21-14-4-1-2-5-16(14)25-19/h1-6,11-13H,7-10H2. The molecule has 1 aliphatic rings. The molecule has 5 rings (SSSR count). The number of benzene rings is 1. The van der Waals surface area contributed by atoms with Crippen LogP contribution < -0.4 is 0 Å². The number of piperidine rings is 1. The van der Waals surface area contributed by atoms with Crippen LogP contribution in [-0.2, 0) is 0 Å². The van der Waals surface area contributed by atoms with Crippen molar-refractivity contribution < 1.29 is 13.7 Å². The van der Waals surface area contributed by atoms with Gasteiger partial charge in [-0.3, -0.25) is 4.79 Å². The van der Waals surface area contributed by atoms with Crippen molar-refractivity contribution in [2.24, 2.45) is 0 Å². The number of carbonyl (C=O) groups excluding carboxylic acids is 1. The van der Waals surface area contributed by atoms with Crippen molar-refractivity contribution in [2.75, 3.05) is 13.1 Å². The first-order valence-corrected chi connectivity index (χ1v) is 9.81. The highest BCUT2D eigenvalue weighted by Crippen LogP contribution is 2.31. The largest absolute Gasteiger partial charge is 0.440 e. The molecule has 0 spiro atoms. The summed E-state index contributed by atoms with van der Waals surface area (Å²) in [6.45, 7) is 1.31. The van der Waals surface area contributed by atoms with Gasteiger partial charge >= 0.3 is 0 Å². The van der Waals surface area contributed by atoms with Crippen LogP contribution in [0.4, 0.5) is 0 Å². The van der Waals surface area contributed by atoms with Gasteiger partial charge in [-0.1, -0.05) is 23.4 Å². The summed E-state index contributed by atoms with van der Waals surface area (Å²) < 4.78 is 11.2. The Labute approximate surface area is 159 Å². The number of aromatic nitrogens is 2. The van der Waals surface area contributed by atoms with E-state index in [1.165, 1.54) is 0 Å². The second-order valence-corrected chi connectivity index (χ2v) is 7.59. The molecule has 0 N–H and O–H groups in total. The van der Waals surface area contributed by atoms with E-state index in [9.17, 15) is 4.79 Å². The van der Waals surface area contributed by atoms with Crippen LogP contribution in [0.1, 0.15) is 35.1 Å². The molecule has 1 aromatic carbocycles. The third-order valence-electron chi connectivity index (χ3n) is 4.94. The van der Waals surface area contributed by atoms with Crippen molar-refractivity contribution >= 4 is 28.3 Å². The predicted molar refractivity (Wildman–Crippen MR) is 102 cm³/mol. The number of rotatable bonds is 3. The van der Waals surface area contributed by atoms with Crippen LogP contribution in [0.5, 0.6) is 0 Å². The molecule has 1 saturated heterocycles. The van der Waals surface area contributed by atoms with E-state index in [0.717, 1.165) is 34.7 Å². The molecule has 1 aliphatic heterocycles. The number of hydrogen-bond donors (Lipinski definition) is 0. The van der Waals surface area contributed by atoms with E-state index in [1.807, 2.05) is 46.7 Å². The number of amides is 1. The minimum atomic E-state index is -0.0856. The topological polar surface area (TPSA) is 72.4 Å². The van der Waals surface area contributed by atoms with Crippen molar-refractivity contribution in [3.63, 3.8) is 0 Å². The number of nitrogens with zero attached hydrogens (tertiary/aromatic N) is 3. The number of likely N-dealkylation sites (tertiary alicyclic amines) is 1. The highest BCUT2D eigenvalue weighted by Gasteiger charge is 2.29. The average molecular weight is 379 g/mol. The molecule has 27 heavy (non-hydrogen) atoms. The fourth-order valence-corrected chi connectivity index (χ4v) is 4.14. The van der Waals surface area contributed by atoms with E-state index >= 15 is 0 Å². The second-order valence-electron chi connectivity index (χ2n) is 6.64. The minimum absolute atomic E-state index is 0.0856. The van der Waals surface area contributed by atoms with Gasteiger partial charge in [0.05, 0.1) is 4.88 Å². The molecule has 4 aromatic rings. The maximum atomic E-state index is 12.7. The van der Waals surface area contributed by atoms with Gasteiger partial charge in [0.25, 0.3) is 5.91 Å². The van der Waals surface area contributed by atoms with E-state index in [-0.39, 0.29) is 11.8 Å². The van der Waals surface area contributed by atoms with Gasteiger partial charge in [0.1, 0.15) is 5.52 Å². The fourth-order valence-electron chi connectivity index (χ4n) is 3.47. The SMILES string of the molecule is O=C(c1cc(-c2cccs2)on1)N1CCC(c2nc3ccccc3o2)CC1. The normalized spacial score (nSPS) is 15.5. The van der Waals surface area contributed by atoms with Crippen LogP contribution >= 0.6 is 11.3 Å². The van der Waals surface area contributed by atoms with Crippen molar-refractivity contribution in [2.45, 2.75) is 18.8 Å². The Bertz CT molecular complexity index is 1040. The molecule has 7 heteroatoms. The molecule has 4 heterocycles. The molecule has 0 aliphatic carbocycles. The zero-order valence-corrected chi connectivity index (χ0v) is 15.3. The van der Waals surface area contributed by atoms with Gasteiger partial charge in [0.2, 0.25) is 0 Å². The average Bonchev–Trinajstić information content (AvgIpc) is 3.47. The second kappa shape index (κ2) is 6.66. The molecular weight excluding hydrogens is 362 g/mol. The highest BCUT2D eigenvalue weighted by molar-refractivity contribution is 7.13. The lowest BCUT2D eigenvalue weighted by molar-refractivity contribution is 0.0696. The minimum Gasteiger partial charge on any atom is -0.440 e. The Hall–Kier alpha value is -2.93. The summed E-state index contributed by atoms with van der Waals surface area (Å²) in [5.41, 5.74) is 2.06. The van der Waals surface area contributed by atoms with Crippen LogP contribution in [0.3, 0.4) is 0 Å². The predicted octanol–water partition coefficient (Wildman–Crippen LogP) is 4.56. The molecule has 3 aromatic heterocycles. The summed E-state index contributed by atoms with van der Waals surface area (Å²) >= 11 is 1.56. The van der Waals surface area contributed by atoms with Crippen LogP contribution in [0, 0.1) is 0 Å². The van der Waals surface area contributed by atoms with E-state index in [0.29, 0.717) is 24.5 Å². The molecule has 6 nitrogen and oxygen atoms in total. The van der Waals surface area contributed by atoms with Crippen molar-refractivity contribution in [3.05, 3.63) is 59.4 Å². The Kier molecular flexibility index (Phi) is 4.01. The van der Waals surface area contributed by atoms with E-state index < -0.39 is 0 Å². The summed E-state index contributed by atoms with van der Waals surface area (Å²) in [5, 5.41) is 5.93. The molecule has 0 bridgehead atoms. The third-order valence-corrected chi connectivity index (χ3v) is 5.82. The molecule has 0 unspecified atom stereocenters. The smallest absolute Gasteiger partial charge is 0.276 e. The molecule has 136 valence electrons. The maximum Gasteiger partial charge on any atom is 0.276 e. The zero-order valence-electron chi connectivity index (χ0n) is 14.5. The lowest BCUT2D eigenvalue weighted by Crippen LogP contribution is -2.38. The van der Waals surface area contributed by atoms with Crippen LogP contribution in [0.25, 0.3) is 21.7 Å². The maximum absolute atomic E-state index is 12.7. The van der Waals surface area contributed by atoms with Gasteiger partial charge < -0.3 is 13.8 Å². The first-order valence-electron chi connectivity index (χ1n) is 8.93. The summed E-state index contributed by atoms with van der Waals surface area (Å²) in [4.78, 5) is 20.1. The number of para-hydroxylation sites is 2. The first kappa shape index (κ1) is 16.3. The molecular formula is C20H17N3O3S. The van der Waals surface area contributed by atoms with Crippen molar-refractivity contribution in [1.82, 2.24) is 15.0 Å². The van der Waals surface area contributed by atoms with Crippen LogP contribution in [0.15, 0.2) is 56.8 Å². The number of fused-ring (bicyclic) bond motifs is 1. The van der Waals surface area contributed by atoms with Crippen molar-refractivity contribution in [3.8, 4) is 10.6 Å². The van der Waals surface area contributed by atoms with E-state index in [2.05, 4.69) is 10.1 Å². The Morgan fingerprint density at radius 1 is 1.15 bits per heavy atom. The fraction of sp³-hybridized carbons (Fsp3) is 0.250. The zero-order chi connectivity index (χ0) is 18.2. The van der Waals surface area contributed by atoms with Crippen LogP contribution in [0.2, 0.25) is 0 Å². The first-order chi connectivity index (χ1) is 13.3. The highest BCUT2D eigenvalue weighted by atomic mass is 32.1. The van der Waals surface area contributed by atoms with Gasteiger partial charge in [-0.25, -0.2) is 4.98 Å². The summed E-state index contributed by atoms with van der Waals surface area (Å²) in [6, 6.07) is 13.4. The number of carbonyl (C=O) groups is 1. The Balaban J connectivity index is 1.26. The molecule has 0 atom stereocenters. The molecule has 1 amide bonds. The summed E-state index contributed by atoms with van der Waals surface area (Å²) in [6.07, 6.45) is 1.66. The van der Waals surface area contributed by atoms with Crippen molar-refractivity contribution in [1.29, 1.82) is 0 Å². The Morgan fingerprint density at radius 2 is 2.00 bits per heavy atom. The molecule has 0 radical (unpaired) electrons. The summed E-state index contributed by atoms with van der Waals surface area (Å²) in [5.74, 6) is 1.55. The monoisotopic (exact) mass is 379 g/mol. The van der Waals surface area contributed by atoms with Gasteiger partial charge in [0.15, 0.2) is 22.9 Å². The van der Waals surface area contributed by atoms with Gasteiger partial charge in [-0.05, 0) is 36.4 Å². The number of oxazole rings is 1. The molecule has 0 saturated carbocycles. The quantitative estimate of drug-likeness (QED) is 0.522. The third kappa shape index (κ3) is 3.04. The Morgan fingerprint density at radius 3 is 2.78 bits per heavy atom. The lowest BCUT2D eigenvalue weighted by Gasteiger charge is -2.29. The van der Waals surface area contributed by atoms with Gasteiger partial charge in [-0.15, -0.1) is 11.3 Å². The lowest BCUT2D eigenvalue weighted by atomic mass is 9.96. The van der Waals surface area contributed by atoms with Gasteiger partial charge in [0, 0.05) is 25.1 Å². The molecule has 1 fully saturated rings. The number of thiophene rings is 1. The van der Waals surface area contributed by atoms with E-state index in [4.69, 9.17) is 8.94 Å². The number of hydrogen-bond acceptors (Lipinski definition) is 6.